The van der Waals surface area contributed by atoms with Crippen molar-refractivity contribution in [1.29, 1.82) is 0 Å². The lowest BCUT2D eigenvalue weighted by atomic mass is 10.2. The summed E-state index contributed by atoms with van der Waals surface area (Å²) < 4.78 is 33.4. The van der Waals surface area contributed by atoms with Gasteiger partial charge < -0.3 is 9.64 Å². The molecule has 3 aromatic rings. The first-order chi connectivity index (χ1) is 14.8. The minimum Gasteiger partial charge on any atom is -0.481 e. The topological polar surface area (TPSA) is 79.8 Å². The number of rotatable bonds is 8. The van der Waals surface area contributed by atoms with Gasteiger partial charge in [-0.3, -0.25) is 9.10 Å². The number of anilines is 1. The number of sulfonamides is 1. The fraction of sp³-hybridized carbons (Fsp3) is 0.217. The highest BCUT2D eigenvalue weighted by Gasteiger charge is 2.27. The van der Waals surface area contributed by atoms with Gasteiger partial charge in [0.2, 0.25) is 5.88 Å². The first kappa shape index (κ1) is 22.3. The molecule has 1 aromatic heterocycles. The molecule has 31 heavy (non-hydrogen) atoms. The smallest absolute Gasteiger partial charge is 0.264 e. The summed E-state index contributed by atoms with van der Waals surface area (Å²) in [6, 6.07) is 18.9. The lowest BCUT2D eigenvalue weighted by Gasteiger charge is -2.27. The van der Waals surface area contributed by atoms with Gasteiger partial charge in [0.05, 0.1) is 30.4 Å². The molecule has 2 aromatic carbocycles. The molecule has 0 spiro atoms. The van der Waals surface area contributed by atoms with E-state index in [1.54, 1.807) is 74.6 Å². The molecule has 0 radical (unpaired) electrons. The molecule has 162 valence electrons. The summed E-state index contributed by atoms with van der Waals surface area (Å²) in [6.45, 7) is 2.02. The van der Waals surface area contributed by atoms with Crippen LogP contribution in [0.2, 0.25) is 0 Å². The van der Waals surface area contributed by atoms with Crippen LogP contribution in [0, 0.1) is 6.92 Å². The molecule has 3 rings (SSSR count). The van der Waals surface area contributed by atoms with Gasteiger partial charge in [-0.05, 0) is 36.8 Å². The zero-order valence-corrected chi connectivity index (χ0v) is 18.5. The number of nitrogens with zero attached hydrogens (tertiary/aromatic N) is 3. The highest BCUT2D eigenvalue weighted by Crippen LogP contribution is 2.26. The van der Waals surface area contributed by atoms with Crippen LogP contribution in [0.5, 0.6) is 5.88 Å². The van der Waals surface area contributed by atoms with Gasteiger partial charge in [-0.1, -0.05) is 36.4 Å². The van der Waals surface area contributed by atoms with Crippen LogP contribution < -0.4 is 9.04 Å². The summed E-state index contributed by atoms with van der Waals surface area (Å²) in [4.78, 5) is 18.5. The zero-order chi connectivity index (χ0) is 22.4. The third kappa shape index (κ3) is 5.03. The van der Waals surface area contributed by atoms with Gasteiger partial charge in [-0.15, -0.1) is 0 Å². The van der Waals surface area contributed by atoms with Gasteiger partial charge in [0.25, 0.3) is 15.9 Å². The number of carbonyl (C=O) groups excluding carboxylic acids is 1. The Hall–Kier alpha value is -3.39. The van der Waals surface area contributed by atoms with E-state index < -0.39 is 10.0 Å². The fourth-order valence-corrected chi connectivity index (χ4v) is 4.81. The molecule has 1 amide bonds. The molecule has 8 heteroatoms. The van der Waals surface area contributed by atoms with E-state index in [1.165, 1.54) is 22.5 Å². The maximum Gasteiger partial charge on any atom is 0.264 e. The van der Waals surface area contributed by atoms with Crippen molar-refractivity contribution in [3.05, 3.63) is 84.1 Å². The monoisotopic (exact) mass is 439 g/mol. The molecular weight excluding hydrogens is 414 g/mol. The largest absolute Gasteiger partial charge is 0.481 e. The second-order valence-corrected chi connectivity index (χ2v) is 8.82. The first-order valence-electron chi connectivity index (χ1n) is 9.73. The second-order valence-electron chi connectivity index (χ2n) is 6.99. The molecule has 0 N–H and O–H groups in total. The molecule has 0 atom stereocenters. The van der Waals surface area contributed by atoms with Crippen molar-refractivity contribution in [2.75, 3.05) is 31.6 Å². The van der Waals surface area contributed by atoms with Crippen LogP contribution in [-0.2, 0) is 10.0 Å². The van der Waals surface area contributed by atoms with Crippen LogP contribution in [-0.4, -0.2) is 51.5 Å². The molecule has 0 saturated heterocycles. The SMILES string of the molecule is COc1ccc(N(CCN(C)C(=O)c2ccccc2)S(=O)(=O)c2ccccc2C)cn1. The number of hydrogen-bond donors (Lipinski definition) is 0. The Balaban J connectivity index is 1.91. The van der Waals surface area contributed by atoms with Gasteiger partial charge >= 0.3 is 0 Å². The van der Waals surface area contributed by atoms with Gasteiger partial charge in [0.1, 0.15) is 0 Å². The molecule has 7 nitrogen and oxygen atoms in total. The van der Waals surface area contributed by atoms with Crippen molar-refractivity contribution in [1.82, 2.24) is 9.88 Å². The third-order valence-corrected chi connectivity index (χ3v) is 6.87. The molecule has 0 aliphatic heterocycles. The van der Waals surface area contributed by atoms with E-state index in [4.69, 9.17) is 4.74 Å². The maximum atomic E-state index is 13.5. The van der Waals surface area contributed by atoms with Crippen molar-refractivity contribution in [2.24, 2.45) is 0 Å². The average Bonchev–Trinajstić information content (AvgIpc) is 2.79. The summed E-state index contributed by atoms with van der Waals surface area (Å²) in [5.41, 5.74) is 1.58. The van der Waals surface area contributed by atoms with Crippen LogP contribution in [0.3, 0.4) is 0 Å². The Morgan fingerprint density at radius 2 is 1.65 bits per heavy atom. The van der Waals surface area contributed by atoms with Gasteiger partial charge in [-0.25, -0.2) is 13.4 Å². The van der Waals surface area contributed by atoms with Crippen molar-refractivity contribution in [3.8, 4) is 5.88 Å². The molecule has 0 unspecified atom stereocenters. The van der Waals surface area contributed by atoms with Crippen LogP contribution >= 0.6 is 0 Å². The van der Waals surface area contributed by atoms with E-state index in [-0.39, 0.29) is 23.9 Å². The summed E-state index contributed by atoms with van der Waals surface area (Å²) in [5.74, 6) is 0.204. The van der Waals surface area contributed by atoms with Crippen LogP contribution in [0.4, 0.5) is 5.69 Å². The number of aryl methyl sites for hydroxylation is 1. The summed E-state index contributed by atoms with van der Waals surface area (Å²) in [7, 11) is -0.729. The van der Waals surface area contributed by atoms with E-state index in [0.717, 1.165) is 0 Å². The zero-order valence-electron chi connectivity index (χ0n) is 17.7. The Morgan fingerprint density at radius 3 is 2.26 bits per heavy atom. The standard InChI is InChI=1S/C23H25N3O4S/c1-18-9-7-8-12-21(18)31(28,29)26(20-13-14-22(30-3)24-17-20)16-15-25(2)23(27)19-10-5-4-6-11-19/h4-14,17H,15-16H2,1-3H3. The number of amides is 1. The number of likely N-dealkylation sites (N-methyl/N-ethyl adjacent to an activating group) is 1. The van der Waals surface area contributed by atoms with Crippen molar-refractivity contribution < 1.29 is 17.9 Å². The number of ether oxygens (including phenoxy) is 1. The van der Waals surface area contributed by atoms with Crippen LogP contribution in [0.1, 0.15) is 15.9 Å². The van der Waals surface area contributed by atoms with E-state index in [0.29, 0.717) is 22.7 Å². The van der Waals surface area contributed by atoms with Gasteiger partial charge in [0.15, 0.2) is 0 Å². The van der Waals surface area contributed by atoms with Crippen LogP contribution in [0.15, 0.2) is 77.8 Å². The summed E-state index contributed by atoms with van der Waals surface area (Å²) >= 11 is 0. The number of carbonyl (C=O) groups is 1. The molecule has 0 aliphatic carbocycles. The highest BCUT2D eigenvalue weighted by molar-refractivity contribution is 7.92. The molecule has 0 fully saturated rings. The molecule has 1 heterocycles. The number of aromatic nitrogens is 1. The quantitative estimate of drug-likeness (QED) is 0.538. The van der Waals surface area contributed by atoms with E-state index in [2.05, 4.69) is 4.98 Å². The summed E-state index contributed by atoms with van der Waals surface area (Å²) in [6.07, 6.45) is 1.45. The number of hydrogen-bond acceptors (Lipinski definition) is 5. The van der Waals surface area contributed by atoms with Crippen molar-refractivity contribution in [2.45, 2.75) is 11.8 Å². The minimum absolute atomic E-state index is 0.0692. The van der Waals surface area contributed by atoms with Gasteiger partial charge in [-0.2, -0.15) is 0 Å². The maximum absolute atomic E-state index is 13.5. The summed E-state index contributed by atoms with van der Waals surface area (Å²) in [5, 5.41) is 0. The average molecular weight is 440 g/mol. The second kappa shape index (κ2) is 9.61. The normalized spacial score (nSPS) is 11.1. The first-order valence-corrected chi connectivity index (χ1v) is 11.2. The van der Waals surface area contributed by atoms with E-state index in [1.807, 2.05) is 6.07 Å². The Bertz CT molecular complexity index is 1130. The Morgan fingerprint density at radius 1 is 0.968 bits per heavy atom. The lowest BCUT2D eigenvalue weighted by Crippen LogP contribution is -2.39. The molecule has 0 saturated carbocycles. The Labute approximate surface area is 183 Å². The molecular formula is C23H25N3O4S. The van der Waals surface area contributed by atoms with Crippen LogP contribution in [0.25, 0.3) is 0 Å². The van der Waals surface area contributed by atoms with Gasteiger partial charge in [0, 0.05) is 25.2 Å². The molecule has 0 aliphatic rings. The fourth-order valence-electron chi connectivity index (χ4n) is 3.14. The third-order valence-electron chi connectivity index (χ3n) is 4.89. The lowest BCUT2D eigenvalue weighted by molar-refractivity contribution is 0.0799. The number of benzene rings is 2. The number of methoxy groups -OCH3 is 1. The predicted octanol–water partition coefficient (Wildman–Crippen LogP) is 3.37. The van der Waals surface area contributed by atoms with Crippen molar-refractivity contribution >= 4 is 21.6 Å². The van der Waals surface area contributed by atoms with E-state index >= 15 is 0 Å². The van der Waals surface area contributed by atoms with Crippen molar-refractivity contribution in [3.63, 3.8) is 0 Å². The highest BCUT2D eigenvalue weighted by atomic mass is 32.2. The molecule has 0 bridgehead atoms. The number of pyridine rings is 1. The predicted molar refractivity (Wildman–Crippen MR) is 120 cm³/mol. The van der Waals surface area contributed by atoms with E-state index in [9.17, 15) is 13.2 Å². The Kier molecular flexibility index (Phi) is 6.91. The minimum atomic E-state index is -3.88.